The maximum absolute atomic E-state index is 2.51. The lowest BCUT2D eigenvalue weighted by Crippen LogP contribution is -2.02. The van der Waals surface area contributed by atoms with Crippen LogP contribution in [0.4, 0.5) is 0 Å². The minimum atomic E-state index is 0.233. The average Bonchev–Trinajstić information content (AvgIpc) is 3.27. The second-order valence-electron chi connectivity index (χ2n) is 17.2. The van der Waals surface area contributed by atoms with E-state index in [2.05, 4.69) is 247 Å². The van der Waals surface area contributed by atoms with Crippen LogP contribution < -0.4 is 0 Å². The predicted octanol–water partition coefficient (Wildman–Crippen LogP) is 18.5. The molecule has 8 aromatic carbocycles. The molecule has 0 fully saturated rings. The molecule has 0 unspecified atom stereocenters. The number of benzene rings is 8. The molecule has 0 aliphatic rings. The number of hydrogen-bond acceptors (Lipinski definition) is 2. The fourth-order valence-corrected chi connectivity index (χ4v) is 12.3. The van der Waals surface area contributed by atoms with Crippen molar-refractivity contribution in [1.82, 2.24) is 0 Å². The summed E-state index contributed by atoms with van der Waals surface area (Å²) in [4.78, 5) is 0. The summed E-state index contributed by atoms with van der Waals surface area (Å²) < 4.78 is 0. The molecule has 8 rings (SSSR count). The lowest BCUT2D eigenvalue weighted by molar-refractivity contribution is 0.895. The largest absolute Gasteiger partial charge is 0.0853 e. The first-order valence-electron chi connectivity index (χ1n) is 22.2. The van der Waals surface area contributed by atoms with Crippen LogP contribution in [0.5, 0.6) is 0 Å². The third-order valence-electron chi connectivity index (χ3n) is 12.0. The van der Waals surface area contributed by atoms with E-state index in [9.17, 15) is 0 Å². The summed E-state index contributed by atoms with van der Waals surface area (Å²) in [5.41, 5.74) is 25.8. The quantitative estimate of drug-likeness (QED) is 0.106. The Morgan fingerprint density at radius 1 is 0.306 bits per heavy atom. The molecule has 2 atom stereocenters. The normalized spacial score (nSPS) is 12.3. The summed E-state index contributed by atoms with van der Waals surface area (Å²) >= 11 is 0. The second kappa shape index (κ2) is 19.2. The van der Waals surface area contributed by atoms with Crippen LogP contribution in [0.1, 0.15) is 81.7 Å². The van der Waals surface area contributed by atoms with Crippen molar-refractivity contribution in [3.63, 3.8) is 0 Å². The Morgan fingerprint density at radius 3 is 0.887 bits per heavy atom. The molecule has 0 aromatic heterocycles. The van der Waals surface area contributed by atoms with E-state index in [-0.39, 0.29) is 10.5 Å². The van der Waals surface area contributed by atoms with Gasteiger partial charge in [-0.3, -0.25) is 0 Å². The Labute approximate surface area is 379 Å². The van der Waals surface area contributed by atoms with Gasteiger partial charge in [-0.1, -0.05) is 214 Å². The zero-order chi connectivity index (χ0) is 43.3. The number of hydrogen-bond donors (Lipinski definition) is 0. The molecule has 2 heteroatoms. The van der Waals surface area contributed by atoms with Crippen molar-refractivity contribution in [2.45, 2.75) is 78.7 Å². The van der Waals surface area contributed by atoms with Gasteiger partial charge in [0.15, 0.2) is 0 Å². The van der Waals surface area contributed by atoms with Crippen molar-refractivity contribution in [3.8, 4) is 66.8 Å². The van der Waals surface area contributed by atoms with Crippen molar-refractivity contribution >= 4 is 21.6 Å². The van der Waals surface area contributed by atoms with Crippen LogP contribution in [0.15, 0.2) is 170 Å². The summed E-state index contributed by atoms with van der Waals surface area (Å²) in [6.07, 6.45) is 2.00. The minimum Gasteiger partial charge on any atom is -0.0853 e. The molecule has 62 heavy (non-hydrogen) atoms. The van der Waals surface area contributed by atoms with Gasteiger partial charge in [0.05, 0.1) is 0 Å². The summed E-state index contributed by atoms with van der Waals surface area (Å²) in [6.45, 7) is 18.0. The highest BCUT2D eigenvalue weighted by molar-refractivity contribution is 8.76. The van der Waals surface area contributed by atoms with Crippen molar-refractivity contribution in [2.75, 3.05) is 0 Å². The molecule has 0 heterocycles. The highest BCUT2D eigenvalue weighted by Crippen LogP contribution is 2.55. The van der Waals surface area contributed by atoms with Gasteiger partial charge in [-0.2, -0.15) is 0 Å². The van der Waals surface area contributed by atoms with Gasteiger partial charge in [-0.05, 0) is 157 Å². The summed E-state index contributed by atoms with van der Waals surface area (Å²) in [7, 11) is 4.12. The molecule has 0 radical (unpaired) electrons. The lowest BCUT2D eigenvalue weighted by Gasteiger charge is -2.27. The van der Waals surface area contributed by atoms with Crippen molar-refractivity contribution in [3.05, 3.63) is 214 Å². The Hall–Kier alpha value is -5.54. The number of aryl methyl sites for hydroxylation is 6. The fraction of sp³-hybridized carbons (Fsp3) is 0.200. The van der Waals surface area contributed by atoms with Crippen LogP contribution in [-0.4, -0.2) is 0 Å². The van der Waals surface area contributed by atoms with Gasteiger partial charge in [-0.15, -0.1) is 0 Å². The fourth-order valence-electron chi connectivity index (χ4n) is 8.96. The predicted molar refractivity (Wildman–Crippen MR) is 275 cm³/mol. The molecule has 0 aliphatic heterocycles. The Morgan fingerprint density at radius 2 is 0.581 bits per heavy atom. The van der Waals surface area contributed by atoms with E-state index < -0.39 is 0 Å². The third-order valence-corrected chi connectivity index (χ3v) is 15.5. The molecule has 8 aromatic rings. The van der Waals surface area contributed by atoms with E-state index >= 15 is 0 Å². The molecule has 310 valence electrons. The van der Waals surface area contributed by atoms with Gasteiger partial charge in [0, 0.05) is 10.5 Å². The van der Waals surface area contributed by atoms with Gasteiger partial charge in [0.25, 0.3) is 0 Å². The molecule has 0 aliphatic carbocycles. The van der Waals surface area contributed by atoms with E-state index in [1.165, 1.54) is 111 Å². The van der Waals surface area contributed by atoms with Crippen molar-refractivity contribution in [2.24, 2.45) is 0 Å². The van der Waals surface area contributed by atoms with Gasteiger partial charge in [0.2, 0.25) is 0 Å². The van der Waals surface area contributed by atoms with Crippen LogP contribution in [0.25, 0.3) is 66.8 Å². The Bertz CT molecular complexity index is 2670. The smallest absolute Gasteiger partial charge is 0.0405 e. The van der Waals surface area contributed by atoms with Crippen LogP contribution >= 0.6 is 21.6 Å². The van der Waals surface area contributed by atoms with Crippen LogP contribution in [-0.2, 0) is 0 Å². The molecule has 0 N–H and O–H groups in total. The van der Waals surface area contributed by atoms with Gasteiger partial charge in [0.1, 0.15) is 0 Å². The molecular formula is C60H58S2. The maximum atomic E-state index is 2.51. The van der Waals surface area contributed by atoms with Crippen molar-refractivity contribution < 1.29 is 0 Å². The average molecular weight is 843 g/mol. The van der Waals surface area contributed by atoms with Gasteiger partial charge >= 0.3 is 0 Å². The molecule has 0 amide bonds. The highest BCUT2D eigenvalue weighted by atomic mass is 33.1. The highest BCUT2D eigenvalue weighted by Gasteiger charge is 2.26. The SMILES string of the molecule is CC[C@@H](SS[C@H](CC)c1cc(-c2cccc(C)c2)cc(-c2cccc(C)c2)c1-c1cccc(C)c1)c1cc(-c2cccc(C)c2)cc(-c2cccc(C)c2)c1-c1cccc(C)c1. The monoisotopic (exact) mass is 842 g/mol. The zero-order valence-electron chi connectivity index (χ0n) is 37.6. The van der Waals surface area contributed by atoms with E-state index in [0.717, 1.165) is 12.8 Å². The molecular weight excluding hydrogens is 785 g/mol. The minimum absolute atomic E-state index is 0.233. The summed E-state index contributed by atoms with van der Waals surface area (Å²) in [6, 6.07) is 64.3. The van der Waals surface area contributed by atoms with E-state index in [1.807, 2.05) is 0 Å². The Kier molecular flexibility index (Phi) is 13.4. The molecule has 0 nitrogen and oxygen atoms in total. The first-order chi connectivity index (χ1) is 30.1. The van der Waals surface area contributed by atoms with E-state index in [1.54, 1.807) is 0 Å². The van der Waals surface area contributed by atoms with Crippen LogP contribution in [0, 0.1) is 41.5 Å². The molecule has 0 saturated heterocycles. The van der Waals surface area contributed by atoms with Gasteiger partial charge in [-0.25, -0.2) is 0 Å². The van der Waals surface area contributed by atoms with E-state index in [4.69, 9.17) is 0 Å². The van der Waals surface area contributed by atoms with Crippen LogP contribution in [0.3, 0.4) is 0 Å². The molecule has 0 saturated carbocycles. The lowest BCUT2D eigenvalue weighted by atomic mass is 9.85. The standard InChI is InChI=1S/C60H58S2/c1-9-57(55-37-51(45-23-11-17-39(3)29-45)35-53(47-25-13-19-41(5)31-47)59(55)49-27-15-21-43(7)33-49)61-62-58(10-2)56-38-52(46-24-12-18-40(4)30-46)36-54(48-26-14-20-42(6)32-48)60(56)50-28-16-22-44(8)34-50/h11-38,57-58H,9-10H2,1-8H3/t57-,58-/m1/s1. The van der Waals surface area contributed by atoms with Crippen LogP contribution in [0.2, 0.25) is 0 Å². The van der Waals surface area contributed by atoms with E-state index in [0.29, 0.717) is 0 Å². The first kappa shape index (κ1) is 43.1. The molecule has 0 bridgehead atoms. The topological polar surface area (TPSA) is 0 Å². The maximum Gasteiger partial charge on any atom is 0.0405 e. The Balaban J connectivity index is 1.32. The molecule has 0 spiro atoms. The zero-order valence-corrected chi connectivity index (χ0v) is 39.2. The summed E-state index contributed by atoms with van der Waals surface area (Å²) in [5.74, 6) is 0. The number of rotatable bonds is 13. The first-order valence-corrected chi connectivity index (χ1v) is 24.5. The summed E-state index contributed by atoms with van der Waals surface area (Å²) in [5, 5.41) is 0.466. The van der Waals surface area contributed by atoms with Crippen molar-refractivity contribution in [1.29, 1.82) is 0 Å². The van der Waals surface area contributed by atoms with Gasteiger partial charge < -0.3 is 0 Å². The third kappa shape index (κ3) is 9.58. The second-order valence-corrected chi connectivity index (χ2v) is 19.9.